The van der Waals surface area contributed by atoms with Crippen molar-refractivity contribution in [1.82, 2.24) is 0 Å². The molecule has 0 saturated heterocycles. The van der Waals surface area contributed by atoms with Crippen LogP contribution in [0.25, 0.3) is 0 Å². The number of nitro groups is 1. The second kappa shape index (κ2) is 7.85. The predicted octanol–water partition coefficient (Wildman–Crippen LogP) is 6.23. The molecule has 0 aromatic heterocycles. The Hall–Kier alpha value is -3.29. The van der Waals surface area contributed by atoms with Gasteiger partial charge in [-0.2, -0.15) is 0 Å². The van der Waals surface area contributed by atoms with Crippen molar-refractivity contribution < 1.29 is 19.6 Å². The van der Waals surface area contributed by atoms with E-state index in [0.29, 0.717) is 27.9 Å². The van der Waals surface area contributed by atoms with Gasteiger partial charge in [0.25, 0.3) is 5.69 Å². The maximum Gasteiger partial charge on any atom is 0.338 e. The van der Waals surface area contributed by atoms with Crippen LogP contribution in [-0.2, 0) is 12.8 Å². The van der Waals surface area contributed by atoms with Crippen LogP contribution >= 0.6 is 23.2 Å². The molecule has 9 heteroatoms. The van der Waals surface area contributed by atoms with E-state index >= 15 is 0 Å². The Kier molecular flexibility index (Phi) is 5.24. The number of nitrogens with zero attached hydrogens (tertiary/aromatic N) is 1. The normalized spacial score (nSPS) is 11.7. The van der Waals surface area contributed by atoms with E-state index in [1.54, 1.807) is 12.1 Å². The van der Waals surface area contributed by atoms with Crippen molar-refractivity contribution in [1.29, 1.82) is 0 Å². The smallest absolute Gasteiger partial charge is 0.338 e. The average molecular weight is 445 g/mol. The lowest BCUT2D eigenvalue weighted by Crippen LogP contribution is -2.10. The van der Waals surface area contributed by atoms with Crippen molar-refractivity contribution in [2.75, 3.05) is 5.32 Å². The average Bonchev–Trinajstić information content (AvgIpc) is 2.72. The molecule has 0 spiro atoms. The molecule has 7 nitrogen and oxygen atoms in total. The fourth-order valence-corrected chi connectivity index (χ4v) is 3.56. The van der Waals surface area contributed by atoms with E-state index in [4.69, 9.17) is 27.9 Å². The molecule has 0 bridgehead atoms. The zero-order valence-corrected chi connectivity index (χ0v) is 16.8. The second-order valence-corrected chi connectivity index (χ2v) is 7.55. The zero-order chi connectivity index (χ0) is 21.4. The molecule has 4 rings (SSSR count). The predicted molar refractivity (Wildman–Crippen MR) is 114 cm³/mol. The molecule has 0 amide bonds. The number of aromatic carboxylic acids is 1. The van der Waals surface area contributed by atoms with Gasteiger partial charge in [-0.05, 0) is 48.2 Å². The summed E-state index contributed by atoms with van der Waals surface area (Å²) in [6.07, 6.45) is 1.45. The van der Waals surface area contributed by atoms with Gasteiger partial charge in [-0.15, -0.1) is 0 Å². The van der Waals surface area contributed by atoms with Crippen molar-refractivity contribution in [2.24, 2.45) is 0 Å². The van der Waals surface area contributed by atoms with Gasteiger partial charge >= 0.3 is 5.97 Å². The number of carboxylic acids is 1. The first-order chi connectivity index (χ1) is 14.3. The van der Waals surface area contributed by atoms with E-state index in [-0.39, 0.29) is 22.7 Å². The summed E-state index contributed by atoms with van der Waals surface area (Å²) in [7, 11) is 0. The van der Waals surface area contributed by atoms with Gasteiger partial charge in [0.05, 0.1) is 38.0 Å². The lowest BCUT2D eigenvalue weighted by Gasteiger charge is -2.23. The lowest BCUT2D eigenvalue weighted by atomic mass is 10.0. The van der Waals surface area contributed by atoms with Gasteiger partial charge in [-0.3, -0.25) is 10.1 Å². The number of benzene rings is 3. The minimum absolute atomic E-state index is 0.0951. The summed E-state index contributed by atoms with van der Waals surface area (Å²) in [6, 6.07) is 13.2. The summed E-state index contributed by atoms with van der Waals surface area (Å²) in [5.41, 5.74) is 2.23. The number of rotatable bonds is 5. The maximum absolute atomic E-state index is 11.6. The minimum Gasteiger partial charge on any atom is -0.478 e. The number of nitrogens with one attached hydrogen (secondary N) is 1. The zero-order valence-electron chi connectivity index (χ0n) is 15.3. The summed E-state index contributed by atoms with van der Waals surface area (Å²) in [5, 5.41) is 24.6. The number of ether oxygens (including phenoxy) is 1. The first-order valence-electron chi connectivity index (χ1n) is 8.89. The Labute approximate surface area is 181 Å². The first kappa shape index (κ1) is 20.0. The highest BCUT2D eigenvalue weighted by Crippen LogP contribution is 2.45. The minimum atomic E-state index is -1.29. The number of hydrogen-bond donors (Lipinski definition) is 2. The summed E-state index contributed by atoms with van der Waals surface area (Å²) >= 11 is 12.0. The highest BCUT2D eigenvalue weighted by molar-refractivity contribution is 6.42. The lowest BCUT2D eigenvalue weighted by molar-refractivity contribution is -0.384. The highest BCUT2D eigenvalue weighted by atomic mass is 35.5. The number of carboxylic acid groups (broad SMARTS) is 1. The molecule has 0 atom stereocenters. The first-order valence-corrected chi connectivity index (χ1v) is 9.65. The summed E-state index contributed by atoms with van der Waals surface area (Å²) in [4.78, 5) is 22.0. The number of anilines is 2. The summed E-state index contributed by atoms with van der Waals surface area (Å²) in [5.74, 6) is -0.736. The topological polar surface area (TPSA) is 102 Å². The van der Waals surface area contributed by atoms with E-state index in [1.165, 1.54) is 6.07 Å². The molecule has 3 aromatic carbocycles. The van der Waals surface area contributed by atoms with Crippen LogP contribution in [0.1, 0.15) is 21.5 Å². The van der Waals surface area contributed by atoms with Gasteiger partial charge in [-0.25, -0.2) is 4.79 Å². The van der Waals surface area contributed by atoms with Crippen molar-refractivity contribution in [2.45, 2.75) is 12.8 Å². The Balaban J connectivity index is 1.60. The molecule has 2 N–H and O–H groups in total. The molecule has 30 heavy (non-hydrogen) atoms. The third-order valence-corrected chi connectivity index (χ3v) is 5.48. The molecule has 0 unspecified atom stereocenters. The van der Waals surface area contributed by atoms with E-state index in [1.807, 2.05) is 24.3 Å². The number of non-ortho nitro benzene ring substituents is 1. The standard InChI is InChI=1S/C21H14Cl2N2O5/c22-15-5-3-11(7-16(15)23)1-2-12-4-6-18-17(8-12)24-20-14(21(26)27)9-13(25(28)29)10-19(20)30-18/h3-10,24H,1-2H2,(H,26,27). The third-order valence-electron chi connectivity index (χ3n) is 4.74. The molecule has 3 aromatic rings. The summed E-state index contributed by atoms with van der Waals surface area (Å²) < 4.78 is 5.74. The van der Waals surface area contributed by atoms with E-state index in [9.17, 15) is 20.0 Å². The van der Waals surface area contributed by atoms with Crippen LogP contribution in [0.4, 0.5) is 17.1 Å². The number of fused-ring (bicyclic) bond motifs is 2. The van der Waals surface area contributed by atoms with E-state index < -0.39 is 10.9 Å². The largest absolute Gasteiger partial charge is 0.478 e. The number of halogens is 2. The number of hydrogen-bond acceptors (Lipinski definition) is 5. The number of carbonyl (C=O) groups is 1. The molecule has 0 radical (unpaired) electrons. The van der Waals surface area contributed by atoms with Crippen LogP contribution in [0.15, 0.2) is 48.5 Å². The third kappa shape index (κ3) is 3.90. The van der Waals surface area contributed by atoms with Crippen molar-refractivity contribution >= 4 is 46.2 Å². The molecular formula is C21H14Cl2N2O5. The molecule has 0 saturated carbocycles. The Bertz CT molecular complexity index is 1200. The van der Waals surface area contributed by atoms with Crippen LogP contribution < -0.4 is 10.1 Å². The van der Waals surface area contributed by atoms with Gasteiger partial charge in [0, 0.05) is 6.07 Å². The SMILES string of the molecule is O=C(O)c1cc([N+](=O)[O-])cc2c1Nc1cc(CCc3ccc(Cl)c(Cl)c3)ccc1O2. The second-order valence-electron chi connectivity index (χ2n) is 6.73. The highest BCUT2D eigenvalue weighted by Gasteiger charge is 2.26. The van der Waals surface area contributed by atoms with E-state index in [2.05, 4.69) is 5.32 Å². The fraction of sp³-hybridized carbons (Fsp3) is 0.0952. The van der Waals surface area contributed by atoms with Gasteiger partial charge in [-0.1, -0.05) is 35.3 Å². The van der Waals surface area contributed by atoms with Crippen LogP contribution in [0.2, 0.25) is 10.0 Å². The maximum atomic E-state index is 11.6. The fourth-order valence-electron chi connectivity index (χ4n) is 3.24. The van der Waals surface area contributed by atoms with Crippen LogP contribution in [-0.4, -0.2) is 16.0 Å². The van der Waals surface area contributed by atoms with Crippen molar-refractivity contribution in [3.8, 4) is 11.5 Å². The quantitative estimate of drug-likeness (QED) is 0.279. The molecule has 1 heterocycles. The molecule has 0 aliphatic carbocycles. The number of aryl methyl sites for hydroxylation is 2. The van der Waals surface area contributed by atoms with Crippen LogP contribution in [0.5, 0.6) is 11.5 Å². The van der Waals surface area contributed by atoms with Gasteiger partial charge in [0.15, 0.2) is 11.5 Å². The van der Waals surface area contributed by atoms with Crippen molar-refractivity contribution in [3.63, 3.8) is 0 Å². The Morgan fingerprint density at radius 3 is 2.37 bits per heavy atom. The monoisotopic (exact) mass is 444 g/mol. The molecule has 1 aliphatic rings. The number of nitro benzene ring substituents is 1. The molecular weight excluding hydrogens is 431 g/mol. The van der Waals surface area contributed by atoms with Crippen LogP contribution in [0, 0.1) is 10.1 Å². The van der Waals surface area contributed by atoms with Gasteiger partial charge < -0.3 is 15.2 Å². The van der Waals surface area contributed by atoms with Crippen molar-refractivity contribution in [3.05, 3.63) is 85.4 Å². The molecule has 1 aliphatic heterocycles. The van der Waals surface area contributed by atoms with Gasteiger partial charge in [0.1, 0.15) is 0 Å². The summed E-state index contributed by atoms with van der Waals surface area (Å²) in [6.45, 7) is 0. The Morgan fingerprint density at radius 2 is 1.70 bits per heavy atom. The molecule has 152 valence electrons. The Morgan fingerprint density at radius 1 is 1.00 bits per heavy atom. The molecule has 0 fully saturated rings. The van der Waals surface area contributed by atoms with E-state index in [0.717, 1.165) is 23.6 Å². The van der Waals surface area contributed by atoms with Crippen LogP contribution in [0.3, 0.4) is 0 Å². The van der Waals surface area contributed by atoms with Gasteiger partial charge in [0.2, 0.25) is 0 Å².